The quantitative estimate of drug-likeness (QED) is 0.161. The highest BCUT2D eigenvalue weighted by Crippen LogP contribution is 2.33. The number of hydrogen-bond donors (Lipinski definition) is 1. The van der Waals surface area contributed by atoms with Gasteiger partial charge in [0.05, 0.1) is 23.8 Å². The molecule has 1 amide bonds. The molecule has 0 aliphatic rings. The number of carbonyl (C=O) groups excluding carboxylic acids is 1. The summed E-state index contributed by atoms with van der Waals surface area (Å²) < 4.78 is 36.5. The number of benzene rings is 3. The molecule has 4 aromatic rings. The number of nitrogens with one attached hydrogen (secondary N) is 1. The normalized spacial score (nSPS) is 11.5. The Bertz CT molecular complexity index is 1440. The Balaban J connectivity index is 1.63. The SMILES string of the molecule is C=COc1c(CC)cccc1Cn1c(C(C)(F)F)nc2cc(C(=O)NCc3ccc(SCC)cc3)ccc21. The molecule has 0 bridgehead atoms. The molecule has 0 saturated heterocycles. The minimum Gasteiger partial charge on any atom is -0.465 e. The summed E-state index contributed by atoms with van der Waals surface area (Å²) in [4.78, 5) is 18.3. The lowest BCUT2D eigenvalue weighted by Gasteiger charge is -2.17. The van der Waals surface area contributed by atoms with E-state index in [4.69, 9.17) is 4.74 Å². The van der Waals surface area contributed by atoms with Gasteiger partial charge in [-0.15, -0.1) is 11.8 Å². The molecule has 0 atom stereocenters. The Morgan fingerprint density at radius 3 is 2.53 bits per heavy atom. The molecule has 0 aliphatic carbocycles. The van der Waals surface area contributed by atoms with E-state index in [-0.39, 0.29) is 18.3 Å². The van der Waals surface area contributed by atoms with Crippen LogP contribution in [0.3, 0.4) is 0 Å². The standard InChI is InChI=1S/C30H31F2N3O2S/c1-5-21-9-8-10-23(27(21)37-6-2)19-35-26-16-13-22(17-25(26)34-29(35)30(4,31)32)28(36)33-18-20-11-14-24(15-12-20)38-7-3/h6,8-17H,2,5,7,18-19H2,1,3-4H3,(H,33,36). The van der Waals surface area contributed by atoms with E-state index in [1.165, 1.54) is 15.7 Å². The fourth-order valence-electron chi connectivity index (χ4n) is 4.37. The Morgan fingerprint density at radius 2 is 1.87 bits per heavy atom. The number of thioether (sulfide) groups is 1. The maximum absolute atomic E-state index is 14.7. The first-order valence-corrected chi connectivity index (χ1v) is 13.5. The topological polar surface area (TPSA) is 56.2 Å². The smallest absolute Gasteiger partial charge is 0.302 e. The van der Waals surface area contributed by atoms with Crippen LogP contribution in [-0.4, -0.2) is 21.2 Å². The Labute approximate surface area is 225 Å². The number of hydrogen-bond acceptors (Lipinski definition) is 4. The van der Waals surface area contributed by atoms with Crippen LogP contribution in [0.5, 0.6) is 5.75 Å². The van der Waals surface area contributed by atoms with Crippen LogP contribution >= 0.6 is 11.8 Å². The molecule has 0 unspecified atom stereocenters. The van der Waals surface area contributed by atoms with E-state index in [0.717, 1.165) is 35.8 Å². The van der Waals surface area contributed by atoms with Gasteiger partial charge in [-0.25, -0.2) is 4.98 Å². The monoisotopic (exact) mass is 535 g/mol. The predicted molar refractivity (Wildman–Crippen MR) is 149 cm³/mol. The van der Waals surface area contributed by atoms with Crippen LogP contribution in [0.15, 0.2) is 78.4 Å². The molecule has 1 N–H and O–H groups in total. The Kier molecular flexibility index (Phi) is 8.52. The first-order chi connectivity index (χ1) is 18.2. The third kappa shape index (κ3) is 6.07. The van der Waals surface area contributed by atoms with Gasteiger partial charge in [-0.2, -0.15) is 8.78 Å². The van der Waals surface area contributed by atoms with Gasteiger partial charge in [0.15, 0.2) is 5.82 Å². The number of aryl methyl sites for hydroxylation is 1. The second kappa shape index (κ2) is 11.8. The van der Waals surface area contributed by atoms with Crippen LogP contribution in [0.25, 0.3) is 11.0 Å². The maximum Gasteiger partial charge on any atom is 0.302 e. The molecule has 1 aromatic heterocycles. The van der Waals surface area contributed by atoms with E-state index in [9.17, 15) is 13.6 Å². The van der Waals surface area contributed by atoms with Gasteiger partial charge < -0.3 is 14.6 Å². The summed E-state index contributed by atoms with van der Waals surface area (Å²) in [6.45, 7) is 9.06. The third-order valence-corrected chi connectivity index (χ3v) is 7.07. The second-order valence-corrected chi connectivity index (χ2v) is 10.3. The number of nitrogens with zero attached hydrogens (tertiary/aromatic N) is 2. The maximum atomic E-state index is 14.7. The molecule has 8 heteroatoms. The molecule has 198 valence electrons. The van der Waals surface area contributed by atoms with Crippen molar-refractivity contribution in [1.82, 2.24) is 14.9 Å². The minimum absolute atomic E-state index is 0.129. The van der Waals surface area contributed by atoms with E-state index in [1.54, 1.807) is 30.0 Å². The lowest BCUT2D eigenvalue weighted by molar-refractivity contribution is 0.00492. The Morgan fingerprint density at radius 1 is 1.13 bits per heavy atom. The van der Waals surface area contributed by atoms with Crippen molar-refractivity contribution in [3.63, 3.8) is 0 Å². The lowest BCUT2D eigenvalue weighted by atomic mass is 10.1. The van der Waals surface area contributed by atoms with E-state index in [0.29, 0.717) is 28.9 Å². The Hall–Kier alpha value is -3.65. The van der Waals surface area contributed by atoms with Crippen molar-refractivity contribution in [3.8, 4) is 5.75 Å². The van der Waals surface area contributed by atoms with Crippen LogP contribution in [0.2, 0.25) is 0 Å². The highest BCUT2D eigenvalue weighted by Gasteiger charge is 2.32. The number of para-hydroxylation sites is 1. The summed E-state index contributed by atoms with van der Waals surface area (Å²) in [5.41, 5.74) is 3.86. The lowest BCUT2D eigenvalue weighted by Crippen LogP contribution is -2.22. The van der Waals surface area contributed by atoms with Crippen molar-refractivity contribution >= 4 is 28.7 Å². The van der Waals surface area contributed by atoms with Crippen LogP contribution in [0, 0.1) is 0 Å². The van der Waals surface area contributed by atoms with Crippen molar-refractivity contribution in [2.45, 2.75) is 51.1 Å². The number of aromatic nitrogens is 2. The van der Waals surface area contributed by atoms with Gasteiger partial charge in [0.25, 0.3) is 5.91 Å². The highest BCUT2D eigenvalue weighted by atomic mass is 32.2. The molecule has 0 saturated carbocycles. The number of halogens is 2. The van der Waals surface area contributed by atoms with E-state index < -0.39 is 5.92 Å². The highest BCUT2D eigenvalue weighted by molar-refractivity contribution is 7.99. The zero-order valence-electron chi connectivity index (χ0n) is 21.8. The van der Waals surface area contributed by atoms with Gasteiger partial charge in [0.1, 0.15) is 5.75 Å². The summed E-state index contributed by atoms with van der Waals surface area (Å²) in [7, 11) is 0. The first-order valence-electron chi connectivity index (χ1n) is 12.5. The predicted octanol–water partition coefficient (Wildman–Crippen LogP) is 7.32. The number of carbonyl (C=O) groups is 1. The zero-order chi connectivity index (χ0) is 27.3. The van der Waals surface area contributed by atoms with Crippen molar-refractivity contribution in [3.05, 3.63) is 102 Å². The van der Waals surface area contributed by atoms with E-state index in [1.807, 2.05) is 49.4 Å². The van der Waals surface area contributed by atoms with Gasteiger partial charge in [-0.05, 0) is 53.6 Å². The molecular formula is C30H31F2N3O2S. The zero-order valence-corrected chi connectivity index (χ0v) is 22.6. The minimum atomic E-state index is -3.19. The number of amides is 1. The van der Waals surface area contributed by atoms with Crippen molar-refractivity contribution in [2.75, 3.05) is 5.75 Å². The van der Waals surface area contributed by atoms with Crippen LogP contribution in [0.1, 0.15) is 53.6 Å². The summed E-state index contributed by atoms with van der Waals surface area (Å²) in [6, 6.07) is 18.5. The summed E-state index contributed by atoms with van der Waals surface area (Å²) in [5.74, 6) is -2.26. The van der Waals surface area contributed by atoms with Crippen molar-refractivity contribution in [1.29, 1.82) is 0 Å². The van der Waals surface area contributed by atoms with E-state index in [2.05, 4.69) is 23.8 Å². The van der Waals surface area contributed by atoms with Crippen LogP contribution in [0.4, 0.5) is 8.78 Å². The second-order valence-electron chi connectivity index (χ2n) is 8.92. The molecule has 0 fully saturated rings. The van der Waals surface area contributed by atoms with Gasteiger partial charge >= 0.3 is 5.92 Å². The molecule has 3 aromatic carbocycles. The number of ether oxygens (including phenoxy) is 1. The molecule has 0 aliphatic heterocycles. The van der Waals surface area contributed by atoms with Crippen LogP contribution < -0.4 is 10.1 Å². The van der Waals surface area contributed by atoms with Gasteiger partial charge in [0.2, 0.25) is 0 Å². The number of imidazole rings is 1. The summed E-state index contributed by atoms with van der Waals surface area (Å²) in [6.07, 6.45) is 2.06. The summed E-state index contributed by atoms with van der Waals surface area (Å²) >= 11 is 1.76. The van der Waals surface area contributed by atoms with E-state index >= 15 is 0 Å². The number of fused-ring (bicyclic) bond motifs is 1. The van der Waals surface area contributed by atoms with Crippen molar-refractivity contribution < 1.29 is 18.3 Å². The number of alkyl halides is 2. The molecule has 0 radical (unpaired) electrons. The third-order valence-electron chi connectivity index (χ3n) is 6.18. The largest absolute Gasteiger partial charge is 0.465 e. The molecule has 38 heavy (non-hydrogen) atoms. The first kappa shape index (κ1) is 27.4. The molecule has 0 spiro atoms. The van der Waals surface area contributed by atoms with Gasteiger partial charge in [0, 0.05) is 29.5 Å². The fraction of sp³-hybridized carbons (Fsp3) is 0.267. The average Bonchev–Trinajstić information content (AvgIpc) is 3.27. The summed E-state index contributed by atoms with van der Waals surface area (Å²) in [5, 5.41) is 2.90. The fourth-order valence-corrected chi connectivity index (χ4v) is 5.03. The van der Waals surface area contributed by atoms with Crippen molar-refractivity contribution in [2.24, 2.45) is 0 Å². The molecule has 5 nitrogen and oxygen atoms in total. The molecule has 4 rings (SSSR count). The molecular weight excluding hydrogens is 504 g/mol. The number of rotatable bonds is 11. The average molecular weight is 536 g/mol. The van der Waals surface area contributed by atoms with Crippen LogP contribution in [-0.2, 0) is 25.4 Å². The molecule has 1 heterocycles. The van der Waals surface area contributed by atoms with Gasteiger partial charge in [-0.1, -0.05) is 50.8 Å². The van der Waals surface area contributed by atoms with Gasteiger partial charge in [-0.3, -0.25) is 4.79 Å².